The second-order valence-electron chi connectivity index (χ2n) is 3.70. The number of nitrogens with two attached hydrogens (primary N) is 1. The van der Waals surface area contributed by atoms with Crippen molar-refractivity contribution in [3.63, 3.8) is 0 Å². The van der Waals surface area contributed by atoms with Gasteiger partial charge in [0, 0.05) is 5.69 Å². The van der Waals surface area contributed by atoms with Gasteiger partial charge in [0.05, 0.1) is 4.92 Å². The Morgan fingerprint density at radius 2 is 1.94 bits per heavy atom. The number of hydrogen-bond donors (Lipinski definition) is 2. The van der Waals surface area contributed by atoms with E-state index in [4.69, 9.17) is 5.73 Å². The molecule has 0 bridgehead atoms. The Balaban J connectivity index is 2.37. The first-order valence-electron chi connectivity index (χ1n) is 5.16. The van der Waals surface area contributed by atoms with Crippen molar-refractivity contribution in [2.45, 2.75) is 6.92 Å². The molecule has 0 radical (unpaired) electrons. The van der Waals surface area contributed by atoms with Crippen LogP contribution in [-0.2, 0) is 0 Å². The molecule has 0 spiro atoms. The molecule has 1 heterocycles. The molecule has 0 aliphatic rings. The van der Waals surface area contributed by atoms with Crippen molar-refractivity contribution >= 4 is 23.0 Å². The Hall–Kier alpha value is -2.70. The summed E-state index contributed by atoms with van der Waals surface area (Å²) in [6.07, 6.45) is 1.18. The van der Waals surface area contributed by atoms with Crippen molar-refractivity contribution in [3.8, 4) is 0 Å². The fourth-order valence-electron chi connectivity index (χ4n) is 1.44. The normalized spacial score (nSPS) is 10.1. The number of nitrogen functional groups attached to an aromatic ring is 1. The summed E-state index contributed by atoms with van der Waals surface area (Å²) in [4.78, 5) is 17.7. The summed E-state index contributed by atoms with van der Waals surface area (Å²) >= 11 is 0. The number of rotatable bonds is 3. The molecular formula is C11H11N5O2. The highest BCUT2D eigenvalue weighted by Gasteiger charge is 2.20. The van der Waals surface area contributed by atoms with Crippen LogP contribution in [0.1, 0.15) is 5.56 Å². The molecule has 0 aliphatic heterocycles. The number of hydrogen-bond acceptors (Lipinski definition) is 6. The summed E-state index contributed by atoms with van der Waals surface area (Å²) in [5.74, 6) is -0.0824. The number of aromatic nitrogens is 2. The monoisotopic (exact) mass is 245 g/mol. The fourth-order valence-corrected chi connectivity index (χ4v) is 1.44. The van der Waals surface area contributed by atoms with E-state index in [1.54, 1.807) is 12.1 Å². The van der Waals surface area contributed by atoms with Crippen LogP contribution in [0.2, 0.25) is 0 Å². The Morgan fingerprint density at radius 3 is 2.56 bits per heavy atom. The van der Waals surface area contributed by atoms with E-state index in [2.05, 4.69) is 15.3 Å². The molecule has 2 aromatic rings. The molecule has 7 nitrogen and oxygen atoms in total. The second-order valence-corrected chi connectivity index (χ2v) is 3.70. The van der Waals surface area contributed by atoms with Crippen LogP contribution in [0.4, 0.5) is 23.0 Å². The van der Waals surface area contributed by atoms with Crippen molar-refractivity contribution < 1.29 is 4.92 Å². The van der Waals surface area contributed by atoms with E-state index in [0.717, 1.165) is 5.56 Å². The van der Waals surface area contributed by atoms with Crippen LogP contribution >= 0.6 is 0 Å². The van der Waals surface area contributed by atoms with Gasteiger partial charge >= 0.3 is 5.69 Å². The van der Waals surface area contributed by atoms with Crippen LogP contribution in [0, 0.1) is 17.0 Å². The Bertz CT molecular complexity index is 582. The van der Waals surface area contributed by atoms with Crippen LogP contribution in [0.5, 0.6) is 0 Å². The Labute approximate surface area is 103 Å². The largest absolute Gasteiger partial charge is 0.378 e. The van der Waals surface area contributed by atoms with Crippen LogP contribution in [0.15, 0.2) is 30.6 Å². The van der Waals surface area contributed by atoms with Gasteiger partial charge in [-0.25, -0.2) is 9.97 Å². The Kier molecular flexibility index (Phi) is 3.05. The summed E-state index contributed by atoms with van der Waals surface area (Å²) < 4.78 is 0. The van der Waals surface area contributed by atoms with E-state index >= 15 is 0 Å². The van der Waals surface area contributed by atoms with Gasteiger partial charge in [0.2, 0.25) is 11.6 Å². The lowest BCUT2D eigenvalue weighted by molar-refractivity contribution is -0.383. The molecule has 0 aliphatic carbocycles. The number of nitro groups is 1. The number of anilines is 3. The molecule has 3 N–H and O–H groups in total. The average molecular weight is 245 g/mol. The summed E-state index contributed by atoms with van der Waals surface area (Å²) in [7, 11) is 0. The maximum absolute atomic E-state index is 10.9. The van der Waals surface area contributed by atoms with Gasteiger partial charge in [-0.15, -0.1) is 0 Å². The lowest BCUT2D eigenvalue weighted by Crippen LogP contribution is -2.04. The zero-order valence-electron chi connectivity index (χ0n) is 9.62. The first-order chi connectivity index (χ1) is 8.58. The topological polar surface area (TPSA) is 107 Å². The molecule has 0 unspecified atom stereocenters. The number of nitrogens with zero attached hydrogens (tertiary/aromatic N) is 3. The summed E-state index contributed by atoms with van der Waals surface area (Å²) in [5.41, 5.74) is 6.94. The van der Waals surface area contributed by atoms with Gasteiger partial charge < -0.3 is 11.1 Å². The van der Waals surface area contributed by atoms with E-state index in [1.165, 1.54) is 6.33 Å². The molecule has 92 valence electrons. The van der Waals surface area contributed by atoms with Crippen LogP contribution < -0.4 is 11.1 Å². The third kappa shape index (κ3) is 2.34. The van der Waals surface area contributed by atoms with Gasteiger partial charge in [0.1, 0.15) is 6.33 Å². The summed E-state index contributed by atoms with van der Waals surface area (Å²) in [6, 6.07) is 7.38. The third-order valence-electron chi connectivity index (χ3n) is 2.35. The minimum absolute atomic E-state index is 0.0800. The summed E-state index contributed by atoms with van der Waals surface area (Å²) in [6.45, 7) is 1.95. The van der Waals surface area contributed by atoms with E-state index in [0.29, 0.717) is 5.69 Å². The van der Waals surface area contributed by atoms with Crippen molar-refractivity contribution in [1.29, 1.82) is 0 Å². The third-order valence-corrected chi connectivity index (χ3v) is 2.35. The molecular weight excluding hydrogens is 234 g/mol. The zero-order valence-corrected chi connectivity index (χ0v) is 9.62. The summed E-state index contributed by atoms with van der Waals surface area (Å²) in [5, 5.41) is 13.7. The van der Waals surface area contributed by atoms with Crippen molar-refractivity contribution in [2.24, 2.45) is 0 Å². The first-order valence-corrected chi connectivity index (χ1v) is 5.16. The molecule has 18 heavy (non-hydrogen) atoms. The van der Waals surface area contributed by atoms with Gasteiger partial charge in [-0.05, 0) is 19.1 Å². The van der Waals surface area contributed by atoms with Crippen LogP contribution in [0.25, 0.3) is 0 Å². The number of aryl methyl sites for hydroxylation is 1. The lowest BCUT2D eigenvalue weighted by atomic mass is 10.2. The fraction of sp³-hybridized carbons (Fsp3) is 0.0909. The maximum Gasteiger partial charge on any atom is 0.353 e. The highest BCUT2D eigenvalue weighted by atomic mass is 16.6. The van der Waals surface area contributed by atoms with Crippen molar-refractivity contribution in [2.75, 3.05) is 11.1 Å². The molecule has 0 fully saturated rings. The minimum Gasteiger partial charge on any atom is -0.378 e. The van der Waals surface area contributed by atoms with E-state index in [1.807, 2.05) is 19.1 Å². The molecule has 0 atom stereocenters. The SMILES string of the molecule is Cc1ccc(Nc2ncnc(N)c2[N+](=O)[O-])cc1. The zero-order chi connectivity index (χ0) is 13.1. The highest BCUT2D eigenvalue weighted by molar-refractivity contribution is 5.72. The predicted octanol–water partition coefficient (Wildman–Crippen LogP) is 2.02. The van der Waals surface area contributed by atoms with Gasteiger partial charge in [-0.3, -0.25) is 10.1 Å². The minimum atomic E-state index is -0.605. The van der Waals surface area contributed by atoms with E-state index < -0.39 is 4.92 Å². The van der Waals surface area contributed by atoms with Crippen molar-refractivity contribution in [3.05, 3.63) is 46.3 Å². The predicted molar refractivity (Wildman–Crippen MR) is 67.6 cm³/mol. The second kappa shape index (κ2) is 4.66. The molecule has 2 rings (SSSR count). The van der Waals surface area contributed by atoms with Gasteiger partial charge in [-0.1, -0.05) is 17.7 Å². The van der Waals surface area contributed by atoms with E-state index in [9.17, 15) is 10.1 Å². The Morgan fingerprint density at radius 1 is 1.28 bits per heavy atom. The standard InChI is InChI=1S/C11H11N5O2/c1-7-2-4-8(5-3-7)15-11-9(16(17)18)10(12)13-6-14-11/h2-6H,1H3,(H3,12,13,14,15). The molecule has 0 saturated carbocycles. The lowest BCUT2D eigenvalue weighted by Gasteiger charge is -2.06. The highest BCUT2D eigenvalue weighted by Crippen LogP contribution is 2.28. The average Bonchev–Trinajstić information content (AvgIpc) is 2.32. The van der Waals surface area contributed by atoms with Gasteiger partial charge in [-0.2, -0.15) is 0 Å². The van der Waals surface area contributed by atoms with Gasteiger partial charge in [0.25, 0.3) is 0 Å². The molecule has 7 heteroatoms. The maximum atomic E-state index is 10.9. The quantitative estimate of drug-likeness (QED) is 0.632. The molecule has 0 saturated heterocycles. The molecule has 0 amide bonds. The van der Waals surface area contributed by atoms with Crippen LogP contribution in [-0.4, -0.2) is 14.9 Å². The first kappa shape index (κ1) is 11.8. The van der Waals surface area contributed by atoms with Gasteiger partial charge in [0.15, 0.2) is 0 Å². The van der Waals surface area contributed by atoms with E-state index in [-0.39, 0.29) is 17.3 Å². The van der Waals surface area contributed by atoms with Crippen molar-refractivity contribution in [1.82, 2.24) is 9.97 Å². The molecule has 1 aromatic carbocycles. The number of nitrogens with one attached hydrogen (secondary N) is 1. The molecule has 1 aromatic heterocycles. The number of benzene rings is 1. The smallest absolute Gasteiger partial charge is 0.353 e. The van der Waals surface area contributed by atoms with Crippen LogP contribution in [0.3, 0.4) is 0 Å².